The molecule has 1 aromatic heterocycles. The zero-order valence-electron chi connectivity index (χ0n) is 13.5. The van der Waals surface area contributed by atoms with E-state index in [0.29, 0.717) is 6.07 Å². The zero-order chi connectivity index (χ0) is 19.5. The van der Waals surface area contributed by atoms with Crippen molar-refractivity contribution in [2.24, 2.45) is 0 Å². The monoisotopic (exact) mass is 371 g/mol. The number of benzene rings is 1. The number of esters is 2. The number of halogens is 3. The van der Waals surface area contributed by atoms with Crippen LogP contribution in [-0.2, 0) is 25.2 Å². The Labute approximate surface area is 144 Å². The van der Waals surface area contributed by atoms with Gasteiger partial charge in [0.05, 0.1) is 25.9 Å². The molecule has 0 atom stereocenters. The molecule has 0 saturated heterocycles. The number of carbonyl (C=O) groups is 2. The van der Waals surface area contributed by atoms with Crippen LogP contribution in [0.1, 0.15) is 5.56 Å². The second-order valence-corrected chi connectivity index (χ2v) is 4.89. The van der Waals surface area contributed by atoms with E-state index in [-0.39, 0.29) is 22.4 Å². The third-order valence-electron chi connectivity index (χ3n) is 3.20. The van der Waals surface area contributed by atoms with Crippen LogP contribution >= 0.6 is 0 Å². The smallest absolute Gasteiger partial charge is 0.417 e. The summed E-state index contributed by atoms with van der Waals surface area (Å²) in [7, 11) is 2.17. The van der Waals surface area contributed by atoms with Gasteiger partial charge in [-0.2, -0.15) is 13.2 Å². The van der Waals surface area contributed by atoms with Gasteiger partial charge in [0.25, 0.3) is 0 Å². The van der Waals surface area contributed by atoms with Gasteiger partial charge in [-0.05, 0) is 12.1 Å². The minimum atomic E-state index is -4.74. The normalized spacial score (nSPS) is 12.0. The number of hydrogen-bond donors (Lipinski definition) is 1. The molecular weight excluding hydrogens is 359 g/mol. The van der Waals surface area contributed by atoms with Crippen LogP contribution in [0.3, 0.4) is 0 Å². The third-order valence-corrected chi connectivity index (χ3v) is 3.20. The number of anilines is 1. The SMILES string of the molecule is COC(=O)/C=C(/Nc1ccc2c(C(F)(F)F)cc(=O)oc2c1)C(=O)OC. The largest absolute Gasteiger partial charge is 0.466 e. The zero-order valence-corrected chi connectivity index (χ0v) is 13.5. The van der Waals surface area contributed by atoms with Crippen molar-refractivity contribution >= 4 is 28.6 Å². The third kappa shape index (κ3) is 4.21. The van der Waals surface area contributed by atoms with Crippen LogP contribution in [0.5, 0.6) is 0 Å². The second-order valence-electron chi connectivity index (χ2n) is 4.89. The van der Waals surface area contributed by atoms with Crippen molar-refractivity contribution < 1.29 is 36.7 Å². The first kappa shape index (κ1) is 19.0. The van der Waals surface area contributed by atoms with Crippen molar-refractivity contribution in [3.05, 3.63) is 52.0 Å². The summed E-state index contributed by atoms with van der Waals surface area (Å²) >= 11 is 0. The van der Waals surface area contributed by atoms with E-state index in [1.165, 1.54) is 6.07 Å². The number of hydrogen-bond acceptors (Lipinski definition) is 7. The van der Waals surface area contributed by atoms with E-state index in [4.69, 9.17) is 4.42 Å². The maximum Gasteiger partial charge on any atom is 0.417 e. The molecular formula is C16H12F3NO6. The van der Waals surface area contributed by atoms with Gasteiger partial charge < -0.3 is 19.2 Å². The Morgan fingerprint density at radius 1 is 1.15 bits per heavy atom. The van der Waals surface area contributed by atoms with E-state index >= 15 is 0 Å². The standard InChI is InChI=1S/C16H12F3NO6/c1-24-13(21)7-11(15(23)25-2)20-8-3-4-9-10(16(17,18)19)6-14(22)26-12(9)5-8/h3-7,20H,1-2H3/b11-7+. The van der Waals surface area contributed by atoms with Crippen molar-refractivity contribution in [3.63, 3.8) is 0 Å². The minimum Gasteiger partial charge on any atom is -0.466 e. The highest BCUT2D eigenvalue weighted by atomic mass is 19.4. The number of methoxy groups -OCH3 is 2. The predicted octanol–water partition coefficient (Wildman–Crippen LogP) is 2.45. The molecule has 0 fully saturated rings. The Hall–Kier alpha value is -3.30. The summed E-state index contributed by atoms with van der Waals surface area (Å²) in [6.45, 7) is 0. The van der Waals surface area contributed by atoms with E-state index in [1.807, 2.05) is 0 Å². The summed E-state index contributed by atoms with van der Waals surface area (Å²) in [6, 6.07) is 3.72. The van der Waals surface area contributed by atoms with Crippen LogP contribution in [0.4, 0.5) is 18.9 Å². The fraction of sp³-hybridized carbons (Fsp3) is 0.188. The first-order valence-electron chi connectivity index (χ1n) is 6.96. The van der Waals surface area contributed by atoms with Gasteiger partial charge in [-0.15, -0.1) is 0 Å². The summed E-state index contributed by atoms with van der Waals surface area (Å²) in [6.07, 6.45) is -3.94. The van der Waals surface area contributed by atoms with Gasteiger partial charge in [0.2, 0.25) is 0 Å². The Morgan fingerprint density at radius 3 is 2.42 bits per heavy atom. The average Bonchev–Trinajstić information content (AvgIpc) is 2.58. The number of alkyl halides is 3. The molecule has 0 aliphatic carbocycles. The van der Waals surface area contributed by atoms with Gasteiger partial charge in [0.15, 0.2) is 0 Å². The molecule has 0 radical (unpaired) electrons. The summed E-state index contributed by atoms with van der Waals surface area (Å²) in [4.78, 5) is 34.4. The predicted molar refractivity (Wildman–Crippen MR) is 83.2 cm³/mol. The van der Waals surface area contributed by atoms with Crippen molar-refractivity contribution in [1.29, 1.82) is 0 Å². The molecule has 1 aromatic carbocycles. The van der Waals surface area contributed by atoms with E-state index < -0.39 is 29.3 Å². The fourth-order valence-electron chi connectivity index (χ4n) is 2.06. The van der Waals surface area contributed by atoms with Gasteiger partial charge >= 0.3 is 23.7 Å². The van der Waals surface area contributed by atoms with Gasteiger partial charge in [-0.3, -0.25) is 0 Å². The molecule has 7 nitrogen and oxygen atoms in total. The molecule has 0 saturated carbocycles. The molecule has 0 aliphatic rings. The highest BCUT2D eigenvalue weighted by Crippen LogP contribution is 2.34. The van der Waals surface area contributed by atoms with E-state index in [1.54, 1.807) is 0 Å². The Bertz CT molecular complexity index is 945. The van der Waals surface area contributed by atoms with E-state index in [9.17, 15) is 27.6 Å². The molecule has 1 heterocycles. The summed E-state index contributed by atoms with van der Waals surface area (Å²) < 4.78 is 52.8. The Morgan fingerprint density at radius 2 is 1.85 bits per heavy atom. The summed E-state index contributed by atoms with van der Waals surface area (Å²) in [5.74, 6) is -1.77. The average molecular weight is 371 g/mol. The number of carbonyl (C=O) groups excluding carboxylic acids is 2. The fourth-order valence-corrected chi connectivity index (χ4v) is 2.06. The van der Waals surface area contributed by atoms with Crippen molar-refractivity contribution in [3.8, 4) is 0 Å². The van der Waals surface area contributed by atoms with Gasteiger partial charge in [0, 0.05) is 23.2 Å². The lowest BCUT2D eigenvalue weighted by Gasteiger charge is -2.12. The Kier molecular flexibility index (Phi) is 5.34. The second kappa shape index (κ2) is 7.30. The maximum absolute atomic E-state index is 13.0. The molecule has 1 N–H and O–H groups in total. The van der Waals surface area contributed by atoms with Crippen LogP contribution < -0.4 is 10.9 Å². The van der Waals surface area contributed by atoms with Crippen molar-refractivity contribution in [1.82, 2.24) is 0 Å². The number of fused-ring (bicyclic) bond motifs is 1. The van der Waals surface area contributed by atoms with Gasteiger partial charge in [-0.25, -0.2) is 14.4 Å². The summed E-state index contributed by atoms with van der Waals surface area (Å²) in [5.41, 5.74) is -2.92. The van der Waals surface area contributed by atoms with Crippen LogP contribution in [0, 0.1) is 0 Å². The van der Waals surface area contributed by atoms with Crippen molar-refractivity contribution in [2.45, 2.75) is 6.18 Å². The van der Waals surface area contributed by atoms with Crippen LogP contribution in [0.25, 0.3) is 11.0 Å². The molecule has 0 unspecified atom stereocenters. The molecule has 2 aromatic rings. The number of nitrogens with one attached hydrogen (secondary N) is 1. The lowest BCUT2D eigenvalue weighted by molar-refractivity contribution is -0.138. The topological polar surface area (TPSA) is 94.8 Å². The summed E-state index contributed by atoms with van der Waals surface area (Å²) in [5, 5.41) is 2.17. The quantitative estimate of drug-likeness (QED) is 0.501. The van der Waals surface area contributed by atoms with Crippen molar-refractivity contribution in [2.75, 3.05) is 19.5 Å². The van der Waals surface area contributed by atoms with Gasteiger partial charge in [0.1, 0.15) is 11.3 Å². The highest BCUT2D eigenvalue weighted by Gasteiger charge is 2.33. The molecule has 10 heteroatoms. The molecule has 2 rings (SSSR count). The molecule has 0 spiro atoms. The molecule has 138 valence electrons. The number of rotatable bonds is 4. The molecule has 0 aliphatic heterocycles. The highest BCUT2D eigenvalue weighted by molar-refractivity contribution is 5.99. The van der Waals surface area contributed by atoms with Crippen LogP contribution in [0.2, 0.25) is 0 Å². The molecule has 26 heavy (non-hydrogen) atoms. The maximum atomic E-state index is 13.0. The molecule has 0 amide bonds. The first-order chi connectivity index (χ1) is 12.2. The first-order valence-corrected chi connectivity index (χ1v) is 6.96. The van der Waals surface area contributed by atoms with Crippen LogP contribution in [0.15, 0.2) is 45.3 Å². The van der Waals surface area contributed by atoms with Crippen LogP contribution in [-0.4, -0.2) is 26.2 Å². The van der Waals surface area contributed by atoms with E-state index in [0.717, 1.165) is 32.4 Å². The van der Waals surface area contributed by atoms with Gasteiger partial charge in [-0.1, -0.05) is 0 Å². The Balaban J connectivity index is 2.51. The lowest BCUT2D eigenvalue weighted by atomic mass is 10.1. The van der Waals surface area contributed by atoms with E-state index in [2.05, 4.69) is 14.8 Å². The molecule has 0 bridgehead atoms. The lowest BCUT2D eigenvalue weighted by Crippen LogP contribution is -2.15. The minimum absolute atomic E-state index is 0.0838. The number of ether oxygens (including phenoxy) is 2.